The highest BCUT2D eigenvalue weighted by atomic mass is 16.5. The number of unbranched alkanes of at least 4 members (excludes halogenated alkanes) is 18. The number of nitrogens with one attached hydrogen (secondary N) is 1. The van der Waals surface area contributed by atoms with Gasteiger partial charge in [0.1, 0.15) is 0 Å². The molecule has 0 aromatic heterocycles. The number of hydrogen-bond acceptors (Lipinski definition) is 5. The van der Waals surface area contributed by atoms with Crippen LogP contribution < -0.4 is 5.32 Å². The van der Waals surface area contributed by atoms with E-state index in [0.29, 0.717) is 0 Å². The second kappa shape index (κ2) is 40.0. The molecule has 1 aliphatic rings. The third kappa shape index (κ3) is 35.6. The number of nitrogens with zero attached hydrogens (tertiary/aromatic N) is 2. The molecular weight excluding hydrogens is 627 g/mol. The van der Waals surface area contributed by atoms with Crippen LogP contribution in [0.5, 0.6) is 0 Å². The molecule has 1 unspecified atom stereocenters. The topological polar surface area (TPSA) is 37.0 Å². The maximum absolute atomic E-state index is 6.17. The highest BCUT2D eigenvalue weighted by Gasteiger charge is 2.14. The van der Waals surface area contributed by atoms with Gasteiger partial charge in [-0.3, -0.25) is 4.90 Å². The van der Waals surface area contributed by atoms with Gasteiger partial charge in [-0.15, -0.1) is 0 Å². The molecule has 1 aliphatic heterocycles. The SMILES string of the molecule is CCCCC/C=C\C/C=C\CCCCCCCCOCC(COCCCCCCCC/C=C/C/C=C/CCCCC)NCCN1CCN(C)CC1. The lowest BCUT2D eigenvalue weighted by atomic mass is 10.1. The van der Waals surface area contributed by atoms with Crippen LogP contribution in [0.4, 0.5) is 0 Å². The van der Waals surface area contributed by atoms with Crippen LogP contribution in [0.15, 0.2) is 48.6 Å². The first-order valence-electron chi connectivity index (χ1n) is 22.2. The number of ether oxygens (including phenoxy) is 2. The Kier molecular flexibility index (Phi) is 37.4. The fraction of sp³-hybridized carbons (Fsp3) is 0.826. The molecular formula is C46H87N3O2. The van der Waals surface area contributed by atoms with E-state index >= 15 is 0 Å². The minimum absolute atomic E-state index is 0.284. The zero-order chi connectivity index (χ0) is 36.6. The first-order valence-corrected chi connectivity index (χ1v) is 22.2. The summed E-state index contributed by atoms with van der Waals surface area (Å²) in [6.45, 7) is 14.6. The zero-order valence-electron chi connectivity index (χ0n) is 34.4. The molecule has 5 nitrogen and oxygen atoms in total. The van der Waals surface area contributed by atoms with Crippen LogP contribution in [0.1, 0.15) is 168 Å². The highest BCUT2D eigenvalue weighted by molar-refractivity contribution is 4.93. The van der Waals surface area contributed by atoms with E-state index in [0.717, 1.165) is 52.4 Å². The molecule has 298 valence electrons. The molecule has 51 heavy (non-hydrogen) atoms. The number of likely N-dealkylation sites (N-methyl/N-ethyl adjacent to an activating group) is 1. The van der Waals surface area contributed by atoms with E-state index in [1.807, 2.05) is 0 Å². The van der Waals surface area contributed by atoms with Crippen molar-refractivity contribution in [3.63, 3.8) is 0 Å². The molecule has 1 atom stereocenters. The number of allylic oxidation sites excluding steroid dienone is 8. The minimum Gasteiger partial charge on any atom is -0.380 e. The van der Waals surface area contributed by atoms with Gasteiger partial charge in [0.15, 0.2) is 0 Å². The van der Waals surface area contributed by atoms with Crippen molar-refractivity contribution in [2.24, 2.45) is 0 Å². The normalized spacial score (nSPS) is 15.5. The van der Waals surface area contributed by atoms with Gasteiger partial charge in [-0.25, -0.2) is 0 Å². The highest BCUT2D eigenvalue weighted by Crippen LogP contribution is 2.10. The number of piperazine rings is 1. The zero-order valence-corrected chi connectivity index (χ0v) is 34.4. The predicted octanol–water partition coefficient (Wildman–Crippen LogP) is 11.9. The van der Waals surface area contributed by atoms with Crippen LogP contribution in [-0.2, 0) is 9.47 Å². The molecule has 0 amide bonds. The van der Waals surface area contributed by atoms with E-state index in [1.54, 1.807) is 0 Å². The molecule has 1 N–H and O–H groups in total. The Labute approximate surface area is 319 Å². The second-order valence-corrected chi connectivity index (χ2v) is 15.1. The minimum atomic E-state index is 0.284. The van der Waals surface area contributed by atoms with Gasteiger partial charge in [0.2, 0.25) is 0 Å². The quantitative estimate of drug-likeness (QED) is 0.0509. The van der Waals surface area contributed by atoms with Gasteiger partial charge in [-0.1, -0.05) is 140 Å². The van der Waals surface area contributed by atoms with Gasteiger partial charge in [0.25, 0.3) is 0 Å². The summed E-state index contributed by atoms with van der Waals surface area (Å²) in [5.41, 5.74) is 0. The first-order chi connectivity index (χ1) is 25.3. The van der Waals surface area contributed by atoms with Crippen molar-refractivity contribution < 1.29 is 9.47 Å². The molecule has 0 spiro atoms. The lowest BCUT2D eigenvalue weighted by Crippen LogP contribution is -2.48. The Hall–Kier alpha value is -1.24. The Morgan fingerprint density at radius 1 is 0.490 bits per heavy atom. The third-order valence-electron chi connectivity index (χ3n) is 10.1. The van der Waals surface area contributed by atoms with Crippen LogP contribution in [-0.4, -0.2) is 88.6 Å². The molecule has 1 saturated heterocycles. The fourth-order valence-corrected chi connectivity index (χ4v) is 6.50. The van der Waals surface area contributed by atoms with E-state index in [-0.39, 0.29) is 6.04 Å². The van der Waals surface area contributed by atoms with Gasteiger partial charge in [0.05, 0.1) is 19.3 Å². The monoisotopic (exact) mass is 714 g/mol. The molecule has 0 aliphatic carbocycles. The van der Waals surface area contributed by atoms with Crippen molar-refractivity contribution in [3.8, 4) is 0 Å². The summed E-state index contributed by atoms with van der Waals surface area (Å²) in [5.74, 6) is 0. The van der Waals surface area contributed by atoms with E-state index in [1.165, 1.54) is 167 Å². The lowest BCUT2D eigenvalue weighted by molar-refractivity contribution is 0.0513. The summed E-state index contributed by atoms with van der Waals surface area (Å²) >= 11 is 0. The largest absolute Gasteiger partial charge is 0.380 e. The summed E-state index contributed by atoms with van der Waals surface area (Å²) < 4.78 is 12.3. The Morgan fingerprint density at radius 2 is 0.882 bits per heavy atom. The van der Waals surface area contributed by atoms with E-state index in [9.17, 15) is 0 Å². The van der Waals surface area contributed by atoms with Crippen LogP contribution in [0, 0.1) is 0 Å². The van der Waals surface area contributed by atoms with Crippen LogP contribution >= 0.6 is 0 Å². The Morgan fingerprint density at radius 3 is 1.31 bits per heavy atom. The molecule has 0 bridgehead atoms. The molecule has 0 aromatic rings. The van der Waals surface area contributed by atoms with Gasteiger partial charge in [0, 0.05) is 52.5 Å². The fourth-order valence-electron chi connectivity index (χ4n) is 6.50. The summed E-state index contributed by atoms with van der Waals surface area (Å²) in [6, 6.07) is 0.284. The molecule has 0 saturated carbocycles. The lowest BCUT2D eigenvalue weighted by Gasteiger charge is -2.32. The predicted molar refractivity (Wildman–Crippen MR) is 226 cm³/mol. The van der Waals surface area contributed by atoms with Crippen LogP contribution in [0.25, 0.3) is 0 Å². The summed E-state index contributed by atoms with van der Waals surface area (Å²) in [5, 5.41) is 3.77. The van der Waals surface area contributed by atoms with E-state index in [4.69, 9.17) is 9.47 Å². The maximum Gasteiger partial charge on any atom is 0.0642 e. The van der Waals surface area contributed by atoms with Crippen LogP contribution in [0.3, 0.4) is 0 Å². The average molecular weight is 714 g/mol. The Balaban J connectivity index is 2.07. The van der Waals surface area contributed by atoms with E-state index in [2.05, 4.69) is 84.6 Å². The van der Waals surface area contributed by atoms with E-state index < -0.39 is 0 Å². The van der Waals surface area contributed by atoms with Crippen molar-refractivity contribution in [1.82, 2.24) is 15.1 Å². The average Bonchev–Trinajstić information content (AvgIpc) is 3.14. The van der Waals surface area contributed by atoms with Crippen molar-refractivity contribution in [1.29, 1.82) is 0 Å². The molecule has 1 rings (SSSR count). The third-order valence-corrected chi connectivity index (χ3v) is 10.1. The maximum atomic E-state index is 6.17. The Bertz CT molecular complexity index is 750. The van der Waals surface area contributed by atoms with Crippen molar-refractivity contribution in [2.75, 3.05) is 72.7 Å². The van der Waals surface area contributed by atoms with Gasteiger partial charge in [-0.05, 0) is 84.1 Å². The van der Waals surface area contributed by atoms with Crippen molar-refractivity contribution in [2.45, 2.75) is 174 Å². The second-order valence-electron chi connectivity index (χ2n) is 15.1. The molecule has 0 aromatic carbocycles. The van der Waals surface area contributed by atoms with Gasteiger partial charge < -0.3 is 19.7 Å². The summed E-state index contributed by atoms with van der Waals surface area (Å²) in [6.07, 6.45) is 49.6. The van der Waals surface area contributed by atoms with Crippen LogP contribution in [0.2, 0.25) is 0 Å². The van der Waals surface area contributed by atoms with Gasteiger partial charge >= 0.3 is 0 Å². The molecule has 1 heterocycles. The number of hydrogen-bond donors (Lipinski definition) is 1. The standard InChI is InChI=1S/C46H87N3O2/c1-4-6-8-10-12-14-16-18-20-22-24-26-28-30-32-34-42-50-44-46(47-36-37-49-40-38-48(3)39-41-49)45-51-43-35-33-31-29-27-25-23-21-19-17-15-13-11-9-7-5-2/h12-15,18-21,46-47H,4-11,16-17,22-45H2,1-3H3/b14-12-,15-13+,20-18-,21-19+. The molecule has 1 fully saturated rings. The number of rotatable bonds is 38. The van der Waals surface area contributed by atoms with Gasteiger partial charge in [-0.2, -0.15) is 0 Å². The molecule has 5 heteroatoms. The van der Waals surface area contributed by atoms with Crippen molar-refractivity contribution >= 4 is 0 Å². The summed E-state index contributed by atoms with van der Waals surface area (Å²) in [7, 11) is 2.23. The van der Waals surface area contributed by atoms with Crippen molar-refractivity contribution in [3.05, 3.63) is 48.6 Å². The summed E-state index contributed by atoms with van der Waals surface area (Å²) in [4.78, 5) is 5.01. The first kappa shape index (κ1) is 47.8. The molecule has 0 radical (unpaired) electrons. The smallest absolute Gasteiger partial charge is 0.0642 e.